The molecule has 0 aromatic heterocycles. The van der Waals surface area contributed by atoms with Crippen molar-refractivity contribution in [2.24, 2.45) is 0 Å². The molecule has 0 saturated heterocycles. The van der Waals surface area contributed by atoms with Gasteiger partial charge in [-0.25, -0.2) is 0 Å². The summed E-state index contributed by atoms with van der Waals surface area (Å²) in [5, 5.41) is 3.66. The van der Waals surface area contributed by atoms with Crippen molar-refractivity contribution < 1.29 is 9.53 Å². The summed E-state index contributed by atoms with van der Waals surface area (Å²) in [6.45, 7) is 0.0118. The standard InChI is InChI=1S/C20H29BrClNO2/c21-16-12-13-19(18(22)14-16)25-15-20(24)23-17-10-8-6-4-2-1-3-5-7-9-11-17/h12-14,17H,1-11,15H2,(H,23,24). The minimum absolute atomic E-state index is 0.0118. The highest BCUT2D eigenvalue weighted by Gasteiger charge is 2.14. The zero-order valence-corrected chi connectivity index (χ0v) is 17.2. The number of nitrogens with one attached hydrogen (secondary N) is 1. The van der Waals surface area contributed by atoms with Crippen LogP contribution in [-0.2, 0) is 4.79 Å². The monoisotopic (exact) mass is 429 g/mol. The van der Waals surface area contributed by atoms with Gasteiger partial charge in [-0.15, -0.1) is 0 Å². The fourth-order valence-corrected chi connectivity index (χ4v) is 4.04. The van der Waals surface area contributed by atoms with Crippen LogP contribution in [-0.4, -0.2) is 18.6 Å². The van der Waals surface area contributed by atoms with E-state index in [0.29, 0.717) is 10.8 Å². The molecule has 0 atom stereocenters. The molecule has 1 N–H and O–H groups in total. The van der Waals surface area contributed by atoms with E-state index in [1.165, 1.54) is 57.8 Å². The molecule has 25 heavy (non-hydrogen) atoms. The molecule has 1 aromatic rings. The Labute approximate surface area is 165 Å². The van der Waals surface area contributed by atoms with E-state index in [0.717, 1.165) is 17.3 Å². The Morgan fingerprint density at radius 2 is 1.60 bits per heavy atom. The Hall–Kier alpha value is -0.740. The predicted octanol–water partition coefficient (Wildman–Crippen LogP) is 6.27. The maximum atomic E-state index is 12.2. The Morgan fingerprint density at radius 1 is 1.04 bits per heavy atom. The van der Waals surface area contributed by atoms with Gasteiger partial charge in [-0.1, -0.05) is 85.3 Å². The molecule has 140 valence electrons. The van der Waals surface area contributed by atoms with Crippen LogP contribution in [0.2, 0.25) is 5.02 Å². The molecule has 1 fully saturated rings. The Kier molecular flexibility index (Phi) is 9.70. The van der Waals surface area contributed by atoms with Crippen molar-refractivity contribution in [3.05, 3.63) is 27.7 Å². The highest BCUT2D eigenvalue weighted by molar-refractivity contribution is 9.10. The molecule has 2 rings (SSSR count). The average Bonchev–Trinajstić information content (AvgIpc) is 2.56. The van der Waals surface area contributed by atoms with Crippen molar-refractivity contribution in [1.29, 1.82) is 0 Å². The zero-order chi connectivity index (χ0) is 17.9. The van der Waals surface area contributed by atoms with Crippen LogP contribution in [0.5, 0.6) is 5.75 Å². The Balaban J connectivity index is 1.77. The molecule has 1 aliphatic carbocycles. The molecule has 1 saturated carbocycles. The van der Waals surface area contributed by atoms with Crippen LogP contribution in [0, 0.1) is 0 Å². The van der Waals surface area contributed by atoms with E-state index >= 15 is 0 Å². The SMILES string of the molecule is O=C(COc1ccc(Br)cc1Cl)NC1CCCCCCCCCCC1. The molecule has 1 amide bonds. The van der Waals surface area contributed by atoms with E-state index in [1.807, 2.05) is 6.07 Å². The minimum Gasteiger partial charge on any atom is -0.482 e. The fourth-order valence-electron chi connectivity index (χ4n) is 3.31. The van der Waals surface area contributed by atoms with Gasteiger partial charge in [0.2, 0.25) is 0 Å². The molecule has 0 radical (unpaired) electrons. The molecule has 0 aliphatic heterocycles. The lowest BCUT2D eigenvalue weighted by Gasteiger charge is -2.20. The normalized spacial score (nSPS) is 18.0. The second kappa shape index (κ2) is 11.8. The summed E-state index contributed by atoms with van der Waals surface area (Å²) in [7, 11) is 0. The van der Waals surface area contributed by atoms with Crippen molar-refractivity contribution in [2.45, 2.75) is 76.7 Å². The summed E-state index contributed by atoms with van der Waals surface area (Å²) >= 11 is 9.48. The summed E-state index contributed by atoms with van der Waals surface area (Å²) in [6.07, 6.45) is 13.9. The van der Waals surface area contributed by atoms with Gasteiger partial charge in [0.15, 0.2) is 6.61 Å². The van der Waals surface area contributed by atoms with Gasteiger partial charge < -0.3 is 10.1 Å². The number of amides is 1. The molecule has 1 aromatic carbocycles. The van der Waals surface area contributed by atoms with Gasteiger partial charge >= 0.3 is 0 Å². The second-order valence-electron chi connectivity index (χ2n) is 6.89. The third kappa shape index (κ3) is 8.46. The highest BCUT2D eigenvalue weighted by atomic mass is 79.9. The van der Waals surface area contributed by atoms with Crippen molar-refractivity contribution in [2.75, 3.05) is 6.61 Å². The van der Waals surface area contributed by atoms with Gasteiger partial charge in [0, 0.05) is 10.5 Å². The van der Waals surface area contributed by atoms with Gasteiger partial charge in [0.05, 0.1) is 5.02 Å². The number of ether oxygens (including phenoxy) is 1. The fraction of sp³-hybridized carbons (Fsp3) is 0.650. The maximum Gasteiger partial charge on any atom is 0.258 e. The van der Waals surface area contributed by atoms with Crippen LogP contribution in [0.15, 0.2) is 22.7 Å². The van der Waals surface area contributed by atoms with Crippen LogP contribution in [0.1, 0.15) is 70.6 Å². The summed E-state index contributed by atoms with van der Waals surface area (Å²) < 4.78 is 6.46. The average molecular weight is 431 g/mol. The smallest absolute Gasteiger partial charge is 0.258 e. The summed E-state index contributed by atoms with van der Waals surface area (Å²) in [5.74, 6) is 0.481. The number of carbonyl (C=O) groups is 1. The number of rotatable bonds is 4. The van der Waals surface area contributed by atoms with E-state index in [4.69, 9.17) is 16.3 Å². The first kappa shape index (κ1) is 20.6. The lowest BCUT2D eigenvalue weighted by Crippen LogP contribution is -2.38. The highest BCUT2D eigenvalue weighted by Crippen LogP contribution is 2.27. The Morgan fingerprint density at radius 3 is 2.16 bits per heavy atom. The van der Waals surface area contributed by atoms with Crippen molar-refractivity contribution in [3.63, 3.8) is 0 Å². The lowest BCUT2D eigenvalue weighted by molar-refractivity contribution is -0.123. The van der Waals surface area contributed by atoms with E-state index in [1.54, 1.807) is 12.1 Å². The number of benzene rings is 1. The molecule has 0 bridgehead atoms. The van der Waals surface area contributed by atoms with Crippen LogP contribution >= 0.6 is 27.5 Å². The van der Waals surface area contributed by atoms with Gasteiger partial charge in [0.1, 0.15) is 5.75 Å². The molecule has 1 aliphatic rings. The van der Waals surface area contributed by atoms with Gasteiger partial charge in [-0.3, -0.25) is 4.79 Å². The maximum absolute atomic E-state index is 12.2. The summed E-state index contributed by atoms with van der Waals surface area (Å²) in [6, 6.07) is 5.67. The quantitative estimate of drug-likeness (QED) is 0.611. The minimum atomic E-state index is -0.0592. The van der Waals surface area contributed by atoms with Gasteiger partial charge in [0.25, 0.3) is 5.91 Å². The summed E-state index contributed by atoms with van der Waals surface area (Å²) in [4.78, 5) is 12.2. The van der Waals surface area contributed by atoms with Gasteiger partial charge in [-0.2, -0.15) is 0 Å². The predicted molar refractivity (Wildman–Crippen MR) is 107 cm³/mol. The number of hydrogen-bond donors (Lipinski definition) is 1. The first-order valence-electron chi connectivity index (χ1n) is 9.52. The van der Waals surface area contributed by atoms with Crippen molar-refractivity contribution in [3.8, 4) is 5.75 Å². The molecule has 3 nitrogen and oxygen atoms in total. The molecule has 5 heteroatoms. The van der Waals surface area contributed by atoms with Crippen molar-refractivity contribution in [1.82, 2.24) is 5.32 Å². The van der Waals surface area contributed by atoms with Gasteiger partial charge in [-0.05, 0) is 31.0 Å². The zero-order valence-electron chi connectivity index (χ0n) is 14.9. The first-order valence-corrected chi connectivity index (χ1v) is 10.7. The topological polar surface area (TPSA) is 38.3 Å². The van der Waals surface area contributed by atoms with Crippen LogP contribution in [0.3, 0.4) is 0 Å². The number of hydrogen-bond acceptors (Lipinski definition) is 2. The van der Waals surface area contributed by atoms with Crippen LogP contribution in [0.25, 0.3) is 0 Å². The molecular formula is C20H29BrClNO2. The Bertz CT molecular complexity index is 526. The lowest BCUT2D eigenvalue weighted by atomic mass is 9.98. The third-order valence-electron chi connectivity index (χ3n) is 4.72. The van der Waals surface area contributed by atoms with Crippen LogP contribution in [0.4, 0.5) is 0 Å². The number of carbonyl (C=O) groups excluding carboxylic acids is 1. The van der Waals surface area contributed by atoms with E-state index in [-0.39, 0.29) is 18.6 Å². The van der Waals surface area contributed by atoms with Crippen molar-refractivity contribution >= 4 is 33.4 Å². The molecule has 0 spiro atoms. The molecule has 0 heterocycles. The molecule has 0 unspecified atom stereocenters. The largest absolute Gasteiger partial charge is 0.482 e. The molecular weight excluding hydrogens is 402 g/mol. The van der Waals surface area contributed by atoms with E-state index < -0.39 is 0 Å². The third-order valence-corrected chi connectivity index (χ3v) is 5.51. The van der Waals surface area contributed by atoms with Crippen LogP contribution < -0.4 is 10.1 Å². The summed E-state index contributed by atoms with van der Waals surface area (Å²) in [5.41, 5.74) is 0. The first-order chi connectivity index (χ1) is 12.1. The second-order valence-corrected chi connectivity index (χ2v) is 8.21. The van der Waals surface area contributed by atoms with E-state index in [2.05, 4.69) is 21.2 Å². The van der Waals surface area contributed by atoms with E-state index in [9.17, 15) is 4.79 Å². The number of halogens is 2.